The Bertz CT molecular complexity index is 818. The summed E-state index contributed by atoms with van der Waals surface area (Å²) < 4.78 is 15.3. The fourth-order valence-electron chi connectivity index (χ4n) is 2.01. The fraction of sp³-hybridized carbons (Fsp3) is 0. The lowest BCUT2D eigenvalue weighted by atomic mass is 10.2. The first-order valence-electron chi connectivity index (χ1n) is 5.42. The topological polar surface area (TPSA) is 20.7 Å². The van der Waals surface area contributed by atoms with E-state index in [1.54, 1.807) is 28.8 Å². The Morgan fingerprint density at radius 2 is 1.79 bits per heavy atom. The Morgan fingerprint density at radius 1 is 1.11 bits per heavy atom. The number of para-hydroxylation sites is 1. The molecule has 2 aromatic carbocycles. The predicted molar refractivity (Wildman–Crippen MR) is 78.4 cm³/mol. The highest BCUT2D eigenvalue weighted by Gasteiger charge is 2.13. The van der Waals surface area contributed by atoms with E-state index in [0.717, 1.165) is 5.52 Å². The maximum Gasteiger partial charge on any atom is 0.182 e. The van der Waals surface area contributed by atoms with Gasteiger partial charge in [-0.3, -0.25) is 4.57 Å². The number of benzene rings is 2. The van der Waals surface area contributed by atoms with Crippen molar-refractivity contribution in [3.63, 3.8) is 0 Å². The van der Waals surface area contributed by atoms with E-state index in [0.29, 0.717) is 26.0 Å². The number of H-pyrrole nitrogens is 1. The van der Waals surface area contributed by atoms with Crippen molar-refractivity contribution in [2.75, 3.05) is 0 Å². The molecule has 3 aromatic rings. The second-order valence-corrected chi connectivity index (χ2v) is 5.20. The first-order valence-corrected chi connectivity index (χ1v) is 6.59. The van der Waals surface area contributed by atoms with Crippen molar-refractivity contribution < 1.29 is 4.39 Å². The maximum atomic E-state index is 13.2. The third-order valence-corrected chi connectivity index (χ3v) is 3.70. The molecule has 0 aliphatic carbocycles. The monoisotopic (exact) mass is 312 g/mol. The zero-order chi connectivity index (χ0) is 13.6. The van der Waals surface area contributed by atoms with Crippen LogP contribution in [0.15, 0.2) is 36.4 Å². The summed E-state index contributed by atoms with van der Waals surface area (Å²) in [6, 6.07) is 9.60. The van der Waals surface area contributed by atoms with Crippen LogP contribution in [0.3, 0.4) is 0 Å². The Morgan fingerprint density at radius 3 is 2.47 bits per heavy atom. The standard InChI is InChI=1S/C13H7Cl2FN2S/c14-8-2-1-3-9(15)12(8)18-11-5-4-7(16)6-10(11)17-13(18)19/h1-6H,(H,17,19). The molecule has 0 fully saturated rings. The number of hydrogen-bond acceptors (Lipinski definition) is 1. The molecule has 0 atom stereocenters. The number of halogens is 3. The summed E-state index contributed by atoms with van der Waals surface area (Å²) in [4.78, 5) is 2.94. The molecular weight excluding hydrogens is 306 g/mol. The van der Waals surface area contributed by atoms with Gasteiger partial charge in [-0.05, 0) is 42.5 Å². The predicted octanol–water partition coefficient (Wildman–Crippen LogP) is 5.13. The van der Waals surface area contributed by atoms with Crippen LogP contribution in [0.2, 0.25) is 10.0 Å². The Labute approximate surface area is 123 Å². The molecule has 1 aromatic heterocycles. The zero-order valence-electron chi connectivity index (χ0n) is 9.45. The second kappa shape index (κ2) is 4.63. The number of aromatic nitrogens is 2. The average Bonchev–Trinajstić information content (AvgIpc) is 2.65. The summed E-state index contributed by atoms with van der Waals surface area (Å²) in [7, 11) is 0. The summed E-state index contributed by atoms with van der Waals surface area (Å²) in [5, 5.41) is 0.961. The largest absolute Gasteiger partial charge is 0.330 e. The molecule has 0 aliphatic rings. The van der Waals surface area contributed by atoms with Gasteiger partial charge in [-0.15, -0.1) is 0 Å². The highest BCUT2D eigenvalue weighted by Crippen LogP contribution is 2.31. The summed E-state index contributed by atoms with van der Waals surface area (Å²) >= 11 is 17.6. The van der Waals surface area contributed by atoms with Gasteiger partial charge in [-0.2, -0.15) is 0 Å². The first-order chi connectivity index (χ1) is 9.08. The van der Waals surface area contributed by atoms with Gasteiger partial charge in [0.1, 0.15) is 5.82 Å². The molecule has 0 aliphatic heterocycles. The van der Waals surface area contributed by atoms with Crippen LogP contribution in [0.1, 0.15) is 0 Å². The average molecular weight is 313 g/mol. The van der Waals surface area contributed by atoms with Crippen molar-refractivity contribution in [2.45, 2.75) is 0 Å². The number of rotatable bonds is 1. The van der Waals surface area contributed by atoms with Gasteiger partial charge in [-0.1, -0.05) is 29.3 Å². The third kappa shape index (κ3) is 2.06. The normalized spacial score (nSPS) is 11.1. The van der Waals surface area contributed by atoms with Crippen molar-refractivity contribution >= 4 is 46.5 Å². The molecule has 0 saturated carbocycles. The quantitative estimate of drug-likeness (QED) is 0.617. The van der Waals surface area contributed by atoms with Gasteiger partial charge in [0.2, 0.25) is 0 Å². The van der Waals surface area contributed by atoms with E-state index in [2.05, 4.69) is 4.98 Å². The Kier molecular flexibility index (Phi) is 3.09. The van der Waals surface area contributed by atoms with E-state index in [-0.39, 0.29) is 5.82 Å². The van der Waals surface area contributed by atoms with Crippen LogP contribution in [0.4, 0.5) is 4.39 Å². The van der Waals surface area contributed by atoms with Gasteiger partial charge < -0.3 is 4.98 Å². The van der Waals surface area contributed by atoms with E-state index < -0.39 is 0 Å². The molecule has 0 unspecified atom stereocenters. The molecular formula is C13H7Cl2FN2S. The van der Waals surface area contributed by atoms with Gasteiger partial charge >= 0.3 is 0 Å². The number of nitrogens with one attached hydrogen (secondary N) is 1. The lowest BCUT2D eigenvalue weighted by Gasteiger charge is -2.09. The molecule has 0 spiro atoms. The number of hydrogen-bond donors (Lipinski definition) is 1. The van der Waals surface area contributed by atoms with Crippen LogP contribution < -0.4 is 0 Å². The minimum atomic E-state index is -0.332. The maximum absolute atomic E-state index is 13.2. The highest BCUT2D eigenvalue weighted by molar-refractivity contribution is 7.71. The van der Waals surface area contributed by atoms with Crippen molar-refractivity contribution in [1.29, 1.82) is 0 Å². The SMILES string of the molecule is Fc1ccc2c(c1)[nH]c(=S)n2-c1c(Cl)cccc1Cl. The number of nitrogens with zero attached hydrogens (tertiary/aromatic N) is 1. The smallest absolute Gasteiger partial charge is 0.182 e. The van der Waals surface area contributed by atoms with E-state index in [1.165, 1.54) is 12.1 Å². The summed E-state index contributed by atoms with van der Waals surface area (Å²) in [5.41, 5.74) is 1.91. The van der Waals surface area contributed by atoms with Gasteiger partial charge in [-0.25, -0.2) is 4.39 Å². The summed E-state index contributed by atoms with van der Waals surface area (Å²) in [6.07, 6.45) is 0. The molecule has 1 heterocycles. The van der Waals surface area contributed by atoms with E-state index in [1.807, 2.05) is 0 Å². The highest BCUT2D eigenvalue weighted by atomic mass is 35.5. The molecule has 19 heavy (non-hydrogen) atoms. The molecule has 96 valence electrons. The van der Waals surface area contributed by atoms with Crippen LogP contribution in [-0.2, 0) is 0 Å². The van der Waals surface area contributed by atoms with Gasteiger partial charge in [0.15, 0.2) is 4.77 Å². The second-order valence-electron chi connectivity index (χ2n) is 4.00. The number of imidazole rings is 1. The molecule has 2 nitrogen and oxygen atoms in total. The Hall–Kier alpha value is -1.36. The van der Waals surface area contributed by atoms with Crippen LogP contribution in [-0.4, -0.2) is 9.55 Å². The number of fused-ring (bicyclic) bond motifs is 1. The van der Waals surface area contributed by atoms with Gasteiger partial charge in [0.05, 0.1) is 26.8 Å². The van der Waals surface area contributed by atoms with Crippen molar-refractivity contribution in [3.05, 3.63) is 57.0 Å². The fourth-order valence-corrected chi connectivity index (χ4v) is 2.87. The minimum Gasteiger partial charge on any atom is -0.330 e. The number of aromatic amines is 1. The Balaban J connectivity index is 2.43. The van der Waals surface area contributed by atoms with Gasteiger partial charge in [0, 0.05) is 0 Å². The molecule has 6 heteroatoms. The summed E-state index contributed by atoms with van der Waals surface area (Å²) in [5.74, 6) is -0.332. The molecule has 0 bridgehead atoms. The van der Waals surface area contributed by atoms with Crippen molar-refractivity contribution in [3.8, 4) is 5.69 Å². The van der Waals surface area contributed by atoms with Crippen LogP contribution >= 0.6 is 35.4 Å². The lowest BCUT2D eigenvalue weighted by Crippen LogP contribution is -1.96. The molecule has 0 amide bonds. The summed E-state index contributed by atoms with van der Waals surface area (Å²) in [6.45, 7) is 0. The van der Waals surface area contributed by atoms with Crippen LogP contribution in [0, 0.1) is 10.6 Å². The van der Waals surface area contributed by atoms with E-state index in [9.17, 15) is 4.39 Å². The van der Waals surface area contributed by atoms with Crippen molar-refractivity contribution in [2.24, 2.45) is 0 Å². The van der Waals surface area contributed by atoms with Gasteiger partial charge in [0.25, 0.3) is 0 Å². The van der Waals surface area contributed by atoms with Crippen molar-refractivity contribution in [1.82, 2.24) is 9.55 Å². The lowest BCUT2D eigenvalue weighted by molar-refractivity contribution is 0.629. The minimum absolute atomic E-state index is 0.332. The molecule has 3 rings (SSSR count). The van der Waals surface area contributed by atoms with E-state index in [4.69, 9.17) is 35.4 Å². The molecule has 1 N–H and O–H groups in total. The third-order valence-electron chi connectivity index (χ3n) is 2.81. The van der Waals surface area contributed by atoms with Crippen LogP contribution in [0.5, 0.6) is 0 Å². The molecule has 0 radical (unpaired) electrons. The first kappa shape index (κ1) is 12.7. The zero-order valence-corrected chi connectivity index (χ0v) is 11.8. The van der Waals surface area contributed by atoms with Crippen LogP contribution in [0.25, 0.3) is 16.7 Å². The van der Waals surface area contributed by atoms with E-state index >= 15 is 0 Å². The molecule has 0 saturated heterocycles.